The topological polar surface area (TPSA) is 20.2 Å². The second kappa shape index (κ2) is 11.4. The number of rotatable bonds is 8. The third kappa shape index (κ3) is 11.4. The van der Waals surface area contributed by atoms with Gasteiger partial charge in [-0.15, -0.1) is 0 Å². The van der Waals surface area contributed by atoms with Crippen LogP contribution in [0.25, 0.3) is 0 Å². The Bertz CT molecular complexity index is 136. The molecule has 0 atom stereocenters. The molecule has 0 aliphatic rings. The lowest BCUT2D eigenvalue weighted by Gasteiger charge is -1.91. The summed E-state index contributed by atoms with van der Waals surface area (Å²) in [6, 6.07) is 0. The van der Waals surface area contributed by atoms with E-state index in [1.54, 1.807) is 6.08 Å². The van der Waals surface area contributed by atoms with Crippen LogP contribution in [0.1, 0.15) is 45.4 Å². The zero-order chi connectivity index (χ0) is 9.78. The Morgan fingerprint density at radius 3 is 1.92 bits per heavy atom. The van der Waals surface area contributed by atoms with Crippen molar-refractivity contribution < 1.29 is 5.11 Å². The van der Waals surface area contributed by atoms with Crippen molar-refractivity contribution in [3.05, 3.63) is 24.3 Å². The van der Waals surface area contributed by atoms with Crippen LogP contribution >= 0.6 is 0 Å². The van der Waals surface area contributed by atoms with Gasteiger partial charge in [0.05, 0.1) is 6.61 Å². The minimum Gasteiger partial charge on any atom is -0.392 e. The summed E-state index contributed by atoms with van der Waals surface area (Å²) in [5, 5.41) is 8.47. The van der Waals surface area contributed by atoms with Gasteiger partial charge in [0.1, 0.15) is 0 Å². The van der Waals surface area contributed by atoms with Crippen LogP contribution in [0.4, 0.5) is 0 Å². The average Bonchev–Trinajstić information content (AvgIpc) is 2.16. The maximum atomic E-state index is 8.47. The maximum absolute atomic E-state index is 8.47. The van der Waals surface area contributed by atoms with Gasteiger partial charge in [-0.2, -0.15) is 0 Å². The summed E-state index contributed by atoms with van der Waals surface area (Å²) in [4.78, 5) is 0. The Balaban J connectivity index is 3.06. The van der Waals surface area contributed by atoms with Gasteiger partial charge in [0.15, 0.2) is 0 Å². The molecule has 0 spiro atoms. The molecule has 0 radical (unpaired) electrons. The van der Waals surface area contributed by atoms with Crippen LogP contribution in [0.15, 0.2) is 24.3 Å². The molecule has 0 aromatic rings. The Morgan fingerprint density at radius 2 is 1.38 bits per heavy atom. The second-order valence-corrected chi connectivity index (χ2v) is 3.20. The average molecular weight is 182 g/mol. The highest BCUT2D eigenvalue weighted by atomic mass is 16.2. The molecule has 0 bridgehead atoms. The molecule has 1 nitrogen and oxygen atoms in total. The Morgan fingerprint density at radius 1 is 0.846 bits per heavy atom. The number of aliphatic hydroxyl groups is 1. The molecule has 0 saturated heterocycles. The number of allylic oxidation sites excluding steroid dienone is 3. The van der Waals surface area contributed by atoms with Gasteiger partial charge in [-0.3, -0.25) is 0 Å². The van der Waals surface area contributed by atoms with Gasteiger partial charge in [-0.1, -0.05) is 44.1 Å². The number of aliphatic hydroxyl groups excluding tert-OH is 1. The smallest absolute Gasteiger partial charge is 0.0612 e. The van der Waals surface area contributed by atoms with Crippen LogP contribution in [0.3, 0.4) is 0 Å². The first-order valence-electron chi connectivity index (χ1n) is 5.32. The molecule has 0 rings (SSSR count). The van der Waals surface area contributed by atoms with Gasteiger partial charge in [-0.05, 0) is 25.7 Å². The molecule has 0 aromatic carbocycles. The lowest BCUT2D eigenvalue weighted by Crippen LogP contribution is -1.73. The van der Waals surface area contributed by atoms with E-state index in [4.69, 9.17) is 5.11 Å². The van der Waals surface area contributed by atoms with E-state index in [-0.39, 0.29) is 6.61 Å². The van der Waals surface area contributed by atoms with Crippen LogP contribution in [0.5, 0.6) is 0 Å². The maximum Gasteiger partial charge on any atom is 0.0612 e. The zero-order valence-electron chi connectivity index (χ0n) is 8.71. The van der Waals surface area contributed by atoms with Gasteiger partial charge in [0.2, 0.25) is 0 Å². The van der Waals surface area contributed by atoms with Crippen LogP contribution in [-0.4, -0.2) is 11.7 Å². The highest BCUT2D eigenvalue weighted by Crippen LogP contribution is 2.00. The number of hydrogen-bond acceptors (Lipinski definition) is 1. The fourth-order valence-electron chi connectivity index (χ4n) is 1.10. The lowest BCUT2D eigenvalue weighted by molar-refractivity contribution is 0.342. The molecule has 0 saturated carbocycles. The van der Waals surface area contributed by atoms with E-state index in [9.17, 15) is 0 Å². The van der Waals surface area contributed by atoms with Crippen molar-refractivity contribution >= 4 is 0 Å². The Labute approximate surface area is 82.2 Å². The summed E-state index contributed by atoms with van der Waals surface area (Å²) in [7, 11) is 0. The molecule has 1 N–H and O–H groups in total. The van der Waals surface area contributed by atoms with Crippen molar-refractivity contribution in [2.75, 3.05) is 6.61 Å². The minimum atomic E-state index is 0.173. The normalized spacial score (nSPS) is 11.8. The molecule has 0 aliphatic heterocycles. The van der Waals surface area contributed by atoms with Crippen molar-refractivity contribution in [1.29, 1.82) is 0 Å². The molecular weight excluding hydrogens is 160 g/mol. The summed E-state index contributed by atoms with van der Waals surface area (Å²) in [5.41, 5.74) is 0. The largest absolute Gasteiger partial charge is 0.392 e. The zero-order valence-corrected chi connectivity index (χ0v) is 8.71. The lowest BCUT2D eigenvalue weighted by atomic mass is 10.2. The van der Waals surface area contributed by atoms with Crippen LogP contribution in [0.2, 0.25) is 0 Å². The van der Waals surface area contributed by atoms with Crippen molar-refractivity contribution in [1.82, 2.24) is 0 Å². The molecule has 0 heterocycles. The van der Waals surface area contributed by atoms with E-state index in [1.807, 2.05) is 6.08 Å². The van der Waals surface area contributed by atoms with Crippen LogP contribution in [-0.2, 0) is 0 Å². The van der Waals surface area contributed by atoms with Gasteiger partial charge in [0.25, 0.3) is 0 Å². The molecule has 0 amide bonds. The predicted octanol–water partition coefficient (Wildman–Crippen LogP) is 3.45. The van der Waals surface area contributed by atoms with Crippen molar-refractivity contribution in [3.63, 3.8) is 0 Å². The fraction of sp³-hybridized carbons (Fsp3) is 0.667. The monoisotopic (exact) mass is 182 g/mol. The summed E-state index contributed by atoms with van der Waals surface area (Å²) in [6.07, 6.45) is 15.6. The third-order valence-electron chi connectivity index (χ3n) is 1.90. The first kappa shape index (κ1) is 12.4. The van der Waals surface area contributed by atoms with E-state index in [0.29, 0.717) is 0 Å². The van der Waals surface area contributed by atoms with Crippen LogP contribution < -0.4 is 0 Å². The Kier molecular flexibility index (Phi) is 10.9. The summed E-state index contributed by atoms with van der Waals surface area (Å²) >= 11 is 0. The fourth-order valence-corrected chi connectivity index (χ4v) is 1.10. The highest BCUT2D eigenvalue weighted by Gasteiger charge is 1.81. The molecule has 0 aliphatic carbocycles. The molecule has 1 heteroatoms. The van der Waals surface area contributed by atoms with Crippen molar-refractivity contribution in [2.45, 2.75) is 45.4 Å². The summed E-state index contributed by atoms with van der Waals surface area (Å²) < 4.78 is 0. The van der Waals surface area contributed by atoms with E-state index < -0.39 is 0 Å². The standard InChI is InChI=1S/C12H22O/c1-2-3-4-5-6-7-8-9-10-11-12-13/h5-6,10-11,13H,2-4,7-9,12H2,1H3/b6-5+,11-10-. The summed E-state index contributed by atoms with van der Waals surface area (Å²) in [6.45, 7) is 2.39. The van der Waals surface area contributed by atoms with Gasteiger partial charge in [-0.25, -0.2) is 0 Å². The third-order valence-corrected chi connectivity index (χ3v) is 1.90. The molecule has 76 valence electrons. The first-order chi connectivity index (χ1) is 6.41. The van der Waals surface area contributed by atoms with Gasteiger partial charge < -0.3 is 5.11 Å². The number of unbranched alkanes of at least 4 members (excludes halogenated alkanes) is 4. The molecule has 13 heavy (non-hydrogen) atoms. The van der Waals surface area contributed by atoms with E-state index in [0.717, 1.165) is 6.42 Å². The molecule has 0 unspecified atom stereocenters. The van der Waals surface area contributed by atoms with Crippen molar-refractivity contribution in [2.24, 2.45) is 0 Å². The van der Waals surface area contributed by atoms with Crippen molar-refractivity contribution in [3.8, 4) is 0 Å². The predicted molar refractivity (Wildman–Crippen MR) is 58.7 cm³/mol. The second-order valence-electron chi connectivity index (χ2n) is 3.20. The minimum absolute atomic E-state index is 0.173. The molecule has 0 fully saturated rings. The number of hydrogen-bond donors (Lipinski definition) is 1. The SMILES string of the molecule is CCCC/C=C/CCC/C=C\CO. The van der Waals surface area contributed by atoms with Gasteiger partial charge in [0, 0.05) is 0 Å². The first-order valence-corrected chi connectivity index (χ1v) is 5.32. The van der Waals surface area contributed by atoms with Crippen LogP contribution in [0, 0.1) is 0 Å². The van der Waals surface area contributed by atoms with Gasteiger partial charge >= 0.3 is 0 Å². The highest BCUT2D eigenvalue weighted by molar-refractivity contribution is 4.84. The van der Waals surface area contributed by atoms with E-state index in [2.05, 4.69) is 19.1 Å². The summed E-state index contributed by atoms with van der Waals surface area (Å²) in [5.74, 6) is 0. The van der Waals surface area contributed by atoms with E-state index in [1.165, 1.54) is 32.1 Å². The quantitative estimate of drug-likeness (QED) is 0.450. The Hall–Kier alpha value is -0.560. The molecular formula is C12H22O. The van der Waals surface area contributed by atoms with E-state index >= 15 is 0 Å². The molecule has 0 aromatic heterocycles.